The fourth-order valence-corrected chi connectivity index (χ4v) is 7.06. The van der Waals surface area contributed by atoms with Gasteiger partial charge in [-0.25, -0.2) is 9.59 Å². The van der Waals surface area contributed by atoms with Crippen LogP contribution in [0.5, 0.6) is 11.5 Å². The minimum atomic E-state index is -3.36. The van der Waals surface area contributed by atoms with Crippen LogP contribution in [0.1, 0.15) is 45.1 Å². The topological polar surface area (TPSA) is 193 Å². The van der Waals surface area contributed by atoms with Crippen molar-refractivity contribution in [2.45, 2.75) is 37.2 Å². The first-order valence-corrected chi connectivity index (χ1v) is 16.5. The maximum absolute atomic E-state index is 13.3. The molecule has 4 rings (SSSR count). The lowest BCUT2D eigenvalue weighted by atomic mass is 10.0. The van der Waals surface area contributed by atoms with Crippen LogP contribution >= 0.6 is 26.7 Å². The molecule has 3 aromatic rings. The molecule has 15 heteroatoms. The van der Waals surface area contributed by atoms with Gasteiger partial charge in [0.2, 0.25) is 11.8 Å². The molecule has 46 heavy (non-hydrogen) atoms. The highest BCUT2D eigenvalue weighted by atomic mass is 79.9. The van der Waals surface area contributed by atoms with Gasteiger partial charge in [-0.2, -0.15) is 0 Å². The van der Waals surface area contributed by atoms with E-state index in [1.807, 2.05) is 18.2 Å². The highest BCUT2D eigenvalue weighted by Gasteiger charge is 2.39. The molecule has 246 valence electrons. The lowest BCUT2D eigenvalue weighted by Gasteiger charge is -2.33. The van der Waals surface area contributed by atoms with Crippen LogP contribution in [0.3, 0.4) is 0 Å². The first kappa shape index (κ1) is 34.6. The second-order valence-corrected chi connectivity index (χ2v) is 13.1. The molecule has 3 amide bonds. The van der Waals surface area contributed by atoms with E-state index >= 15 is 0 Å². The number of ether oxygens (including phenoxy) is 3. The number of carbonyl (C=O) groups is 4. The number of esters is 1. The van der Waals surface area contributed by atoms with Crippen LogP contribution in [-0.4, -0.2) is 64.4 Å². The normalized spacial score (nSPS) is 16.4. The van der Waals surface area contributed by atoms with Gasteiger partial charge in [0.1, 0.15) is 35.0 Å². The molecular formula is C31H34BrN3O10S. The number of amides is 3. The van der Waals surface area contributed by atoms with Gasteiger partial charge in [0.05, 0.1) is 20.1 Å². The number of nitrogens with one attached hydrogen (secondary N) is 3. The van der Waals surface area contributed by atoms with Crippen LogP contribution in [-0.2, 0) is 32.1 Å². The summed E-state index contributed by atoms with van der Waals surface area (Å²) in [7, 11) is -2.17. The summed E-state index contributed by atoms with van der Waals surface area (Å²) in [5.74, 6) is -1.87. The van der Waals surface area contributed by atoms with Crippen molar-refractivity contribution in [2.75, 3.05) is 20.3 Å². The Balaban J connectivity index is 1.39. The van der Waals surface area contributed by atoms with Crippen molar-refractivity contribution in [3.05, 3.63) is 93.5 Å². The minimum absolute atomic E-state index is 0.00173. The van der Waals surface area contributed by atoms with Gasteiger partial charge in [-0.15, -0.1) is 10.8 Å². The van der Waals surface area contributed by atoms with E-state index in [2.05, 4.69) is 31.3 Å². The van der Waals surface area contributed by atoms with Crippen molar-refractivity contribution in [1.29, 1.82) is 0 Å². The fourth-order valence-electron chi connectivity index (χ4n) is 4.70. The van der Waals surface area contributed by atoms with Crippen molar-refractivity contribution in [1.82, 2.24) is 15.4 Å². The molecule has 0 bridgehead atoms. The molecule has 0 radical (unpaired) electrons. The van der Waals surface area contributed by atoms with E-state index in [9.17, 15) is 33.4 Å². The SMILES string of the molecule is COC(=O)c1c(O)cccc1OCCCNC(=O)[C@H](Cc1ccc(C2CC(=O)NS2(O)O)c(Br)c1)NC(=O)OCc1ccccc1. The first-order valence-electron chi connectivity index (χ1n) is 14.1. The van der Waals surface area contributed by atoms with Gasteiger partial charge >= 0.3 is 12.1 Å². The van der Waals surface area contributed by atoms with E-state index in [1.54, 1.807) is 30.3 Å². The molecule has 3 aromatic carbocycles. The zero-order chi connectivity index (χ0) is 33.3. The van der Waals surface area contributed by atoms with Crippen molar-refractivity contribution < 1.29 is 47.6 Å². The van der Waals surface area contributed by atoms with E-state index in [-0.39, 0.29) is 49.7 Å². The van der Waals surface area contributed by atoms with E-state index in [0.29, 0.717) is 22.0 Å². The molecule has 1 unspecified atom stereocenters. The molecule has 1 heterocycles. The molecule has 13 nitrogen and oxygen atoms in total. The van der Waals surface area contributed by atoms with Crippen LogP contribution < -0.4 is 20.1 Å². The monoisotopic (exact) mass is 719 g/mol. The maximum atomic E-state index is 13.3. The van der Waals surface area contributed by atoms with Crippen molar-refractivity contribution in [2.24, 2.45) is 0 Å². The van der Waals surface area contributed by atoms with Crippen molar-refractivity contribution in [3.63, 3.8) is 0 Å². The van der Waals surface area contributed by atoms with E-state index in [1.165, 1.54) is 25.3 Å². The Hall–Kier alpha value is -4.31. The predicted octanol–water partition coefficient (Wildman–Crippen LogP) is 4.59. The third-order valence-corrected chi connectivity index (χ3v) is 9.41. The molecule has 0 saturated carbocycles. The number of hydrogen-bond donors (Lipinski definition) is 6. The van der Waals surface area contributed by atoms with Crippen molar-refractivity contribution >= 4 is 50.6 Å². The molecule has 0 aliphatic carbocycles. The summed E-state index contributed by atoms with van der Waals surface area (Å²) in [4.78, 5) is 49.8. The largest absolute Gasteiger partial charge is 0.507 e. The summed E-state index contributed by atoms with van der Waals surface area (Å²) in [5, 5.41) is 14.6. The summed E-state index contributed by atoms with van der Waals surface area (Å²) < 4.78 is 39.0. The molecular weight excluding hydrogens is 686 g/mol. The average molecular weight is 721 g/mol. The standard InChI is InChI=1S/C31H34BrN3O10S/c1-43-30(39)28-24(36)9-5-10-25(28)44-14-6-13-33-29(38)23(34-31(40)45-18-19-7-3-2-4-8-19)16-20-11-12-21(22(32)15-20)26-17-27(37)35-46(26,41)42/h2-5,7-12,15,23,26,36,41-42H,6,13-14,16-18H2,1H3,(H,33,38)(H,34,40)(H,35,37)/t23-,26?/m0/s1. The zero-order valence-electron chi connectivity index (χ0n) is 24.7. The molecule has 1 fully saturated rings. The van der Waals surface area contributed by atoms with Crippen molar-refractivity contribution in [3.8, 4) is 11.5 Å². The van der Waals surface area contributed by atoms with E-state index in [0.717, 1.165) is 5.56 Å². The van der Waals surface area contributed by atoms with Crippen LogP contribution in [0.15, 0.2) is 71.2 Å². The summed E-state index contributed by atoms with van der Waals surface area (Å²) >= 11 is 3.44. The minimum Gasteiger partial charge on any atom is -0.507 e. The lowest BCUT2D eigenvalue weighted by molar-refractivity contribution is -0.123. The van der Waals surface area contributed by atoms with Crippen LogP contribution in [0.4, 0.5) is 4.79 Å². The number of phenols is 1. The Morgan fingerprint density at radius 3 is 2.50 bits per heavy atom. The third kappa shape index (κ3) is 9.13. The lowest BCUT2D eigenvalue weighted by Crippen LogP contribution is -2.48. The van der Waals surface area contributed by atoms with Gasteiger partial charge in [-0.05, 0) is 41.3 Å². The Bertz CT molecular complexity index is 1570. The first-order chi connectivity index (χ1) is 22.0. The fraction of sp³-hybridized carbons (Fsp3) is 0.290. The van der Waals surface area contributed by atoms with Gasteiger partial charge in [0, 0.05) is 17.4 Å². The number of carbonyl (C=O) groups excluding carboxylic acids is 4. The Morgan fingerprint density at radius 1 is 1.07 bits per heavy atom. The molecule has 0 spiro atoms. The van der Waals surface area contributed by atoms with E-state index < -0.39 is 45.9 Å². The summed E-state index contributed by atoms with van der Waals surface area (Å²) in [6.07, 6.45) is -0.495. The van der Waals surface area contributed by atoms with Gasteiger partial charge in [-0.1, -0.05) is 64.5 Å². The van der Waals surface area contributed by atoms with Gasteiger partial charge in [0.25, 0.3) is 0 Å². The van der Waals surface area contributed by atoms with Gasteiger partial charge < -0.3 is 30.0 Å². The second kappa shape index (κ2) is 15.8. The molecule has 0 aromatic heterocycles. The number of halogens is 1. The molecule has 1 saturated heterocycles. The van der Waals surface area contributed by atoms with Gasteiger partial charge in [-0.3, -0.25) is 23.4 Å². The van der Waals surface area contributed by atoms with Gasteiger partial charge in [0.15, 0.2) is 0 Å². The highest BCUT2D eigenvalue weighted by Crippen LogP contribution is 2.57. The number of aromatic hydroxyl groups is 1. The van der Waals surface area contributed by atoms with Crippen LogP contribution in [0.25, 0.3) is 0 Å². The number of methoxy groups -OCH3 is 1. The average Bonchev–Trinajstić information content (AvgIpc) is 3.30. The zero-order valence-corrected chi connectivity index (χ0v) is 27.1. The number of rotatable bonds is 13. The maximum Gasteiger partial charge on any atom is 0.408 e. The molecule has 1 aliphatic heterocycles. The van der Waals surface area contributed by atoms with Crippen LogP contribution in [0.2, 0.25) is 0 Å². The summed E-state index contributed by atoms with van der Waals surface area (Å²) in [6.45, 7) is 0.254. The quantitative estimate of drug-likeness (QED) is 0.108. The Kier molecular flexibility index (Phi) is 11.9. The summed E-state index contributed by atoms with van der Waals surface area (Å²) in [6, 6.07) is 17.4. The third-order valence-electron chi connectivity index (χ3n) is 6.98. The molecule has 6 N–H and O–H groups in total. The van der Waals surface area contributed by atoms with Crippen LogP contribution in [0, 0.1) is 0 Å². The van der Waals surface area contributed by atoms with E-state index in [4.69, 9.17) is 14.2 Å². The predicted molar refractivity (Wildman–Crippen MR) is 172 cm³/mol. The Labute approximate surface area is 275 Å². The summed E-state index contributed by atoms with van der Waals surface area (Å²) in [5.41, 5.74) is 1.81. The number of alkyl carbamates (subject to hydrolysis) is 1. The molecule has 1 aliphatic rings. The second-order valence-electron chi connectivity index (χ2n) is 10.3. The number of benzene rings is 3. The smallest absolute Gasteiger partial charge is 0.408 e. The number of phenolic OH excluding ortho intramolecular Hbond substituents is 1. The molecule has 2 atom stereocenters. The number of hydrogen-bond acceptors (Lipinski definition) is 10. The highest BCUT2D eigenvalue weighted by molar-refractivity contribution is 9.10. The Morgan fingerprint density at radius 2 is 1.83 bits per heavy atom.